The molecule has 0 saturated carbocycles. The van der Waals surface area contributed by atoms with Crippen LogP contribution < -0.4 is 0 Å². The van der Waals surface area contributed by atoms with Crippen molar-refractivity contribution in [3.8, 4) is 5.75 Å². The Morgan fingerprint density at radius 3 is 1.89 bits per heavy atom. The zero-order valence-corrected chi connectivity index (χ0v) is 7.84. The highest BCUT2D eigenvalue weighted by atomic mass is 79.9. The molecule has 0 aliphatic rings. The van der Waals surface area contributed by atoms with Crippen LogP contribution in [0.4, 0.5) is 0 Å². The Morgan fingerprint density at radius 2 is 1.56 bits per heavy atom. The van der Waals surface area contributed by atoms with E-state index in [1.54, 1.807) is 24.3 Å². The molecular formula is C6H8BrOP. The second-order valence-electron chi connectivity index (χ2n) is 1.48. The van der Waals surface area contributed by atoms with Crippen LogP contribution in [0.2, 0.25) is 0 Å². The monoisotopic (exact) mass is 206 g/mol. The van der Waals surface area contributed by atoms with Crippen LogP contribution in [0.3, 0.4) is 0 Å². The number of phenols is 1. The van der Waals surface area contributed by atoms with Crippen LogP contribution >= 0.6 is 25.8 Å². The van der Waals surface area contributed by atoms with Gasteiger partial charge in [0.25, 0.3) is 0 Å². The standard InChI is InChI=1S/C6H5BrO.H3P/c7-5-1-3-6(8)4-2-5;/h1-4,8H;1H3. The van der Waals surface area contributed by atoms with Crippen LogP contribution in [0, 0.1) is 0 Å². The third-order valence-electron chi connectivity index (χ3n) is 0.827. The van der Waals surface area contributed by atoms with E-state index in [0.29, 0.717) is 5.75 Å². The van der Waals surface area contributed by atoms with Crippen molar-refractivity contribution >= 4 is 25.8 Å². The molecule has 1 rings (SSSR count). The highest BCUT2D eigenvalue weighted by molar-refractivity contribution is 9.10. The van der Waals surface area contributed by atoms with Crippen molar-refractivity contribution in [2.45, 2.75) is 0 Å². The summed E-state index contributed by atoms with van der Waals surface area (Å²) < 4.78 is 0.982. The summed E-state index contributed by atoms with van der Waals surface area (Å²) in [5.74, 6) is 0.299. The molecule has 3 heteroatoms. The largest absolute Gasteiger partial charge is 0.508 e. The van der Waals surface area contributed by atoms with Crippen LogP contribution in [0.5, 0.6) is 5.75 Å². The summed E-state index contributed by atoms with van der Waals surface area (Å²) >= 11 is 3.23. The van der Waals surface area contributed by atoms with Gasteiger partial charge in [-0.25, -0.2) is 0 Å². The van der Waals surface area contributed by atoms with E-state index in [0.717, 1.165) is 4.47 Å². The molecule has 1 N–H and O–H groups in total. The molecule has 1 nitrogen and oxygen atoms in total. The van der Waals surface area contributed by atoms with Gasteiger partial charge in [0.15, 0.2) is 0 Å². The van der Waals surface area contributed by atoms with E-state index in [-0.39, 0.29) is 9.90 Å². The van der Waals surface area contributed by atoms with Gasteiger partial charge in [0.2, 0.25) is 0 Å². The fourth-order valence-electron chi connectivity index (χ4n) is 0.441. The second kappa shape index (κ2) is 3.86. The van der Waals surface area contributed by atoms with E-state index >= 15 is 0 Å². The van der Waals surface area contributed by atoms with E-state index in [4.69, 9.17) is 5.11 Å². The molecule has 50 valence electrons. The molecule has 0 saturated heterocycles. The third kappa shape index (κ3) is 2.83. The molecule has 0 heterocycles. The molecule has 1 aromatic rings. The number of phenolic OH excluding ortho intramolecular Hbond substituents is 1. The molecule has 0 bridgehead atoms. The van der Waals surface area contributed by atoms with E-state index in [2.05, 4.69) is 15.9 Å². The average molecular weight is 207 g/mol. The first-order chi connectivity index (χ1) is 3.79. The smallest absolute Gasteiger partial charge is 0.115 e. The molecule has 0 amide bonds. The van der Waals surface area contributed by atoms with Crippen LogP contribution in [0.1, 0.15) is 0 Å². The Hall–Kier alpha value is -0.0700. The van der Waals surface area contributed by atoms with Crippen LogP contribution in [-0.2, 0) is 0 Å². The van der Waals surface area contributed by atoms with Gasteiger partial charge in [-0.2, -0.15) is 9.90 Å². The van der Waals surface area contributed by atoms with Gasteiger partial charge in [-0.1, -0.05) is 15.9 Å². The summed E-state index contributed by atoms with van der Waals surface area (Å²) in [6.07, 6.45) is 0. The Bertz CT molecular complexity index is 152. The van der Waals surface area contributed by atoms with Crippen LogP contribution in [0.25, 0.3) is 0 Å². The highest BCUT2D eigenvalue weighted by Crippen LogP contribution is 2.13. The summed E-state index contributed by atoms with van der Waals surface area (Å²) in [5, 5.41) is 8.74. The molecule has 0 aliphatic heterocycles. The fraction of sp³-hybridized carbons (Fsp3) is 0. The number of benzene rings is 1. The van der Waals surface area contributed by atoms with Gasteiger partial charge in [-0.05, 0) is 24.3 Å². The predicted octanol–water partition coefficient (Wildman–Crippen LogP) is 2.21. The first-order valence-electron chi connectivity index (χ1n) is 2.23. The summed E-state index contributed by atoms with van der Waals surface area (Å²) in [5.41, 5.74) is 0. The van der Waals surface area contributed by atoms with Crippen molar-refractivity contribution in [3.63, 3.8) is 0 Å². The quantitative estimate of drug-likeness (QED) is 0.646. The number of aromatic hydroxyl groups is 1. The predicted molar refractivity (Wildman–Crippen MR) is 46.9 cm³/mol. The van der Waals surface area contributed by atoms with Gasteiger partial charge in [-0.3, -0.25) is 0 Å². The van der Waals surface area contributed by atoms with E-state index in [1.165, 1.54) is 0 Å². The molecule has 9 heavy (non-hydrogen) atoms. The maximum Gasteiger partial charge on any atom is 0.115 e. The van der Waals surface area contributed by atoms with Gasteiger partial charge >= 0.3 is 0 Å². The van der Waals surface area contributed by atoms with Crippen molar-refractivity contribution < 1.29 is 5.11 Å². The summed E-state index contributed by atoms with van der Waals surface area (Å²) in [4.78, 5) is 0. The van der Waals surface area contributed by atoms with Gasteiger partial charge in [0, 0.05) is 4.47 Å². The minimum absolute atomic E-state index is 0. The number of hydrogen-bond acceptors (Lipinski definition) is 1. The van der Waals surface area contributed by atoms with E-state index in [9.17, 15) is 0 Å². The Labute approximate surface area is 65.8 Å². The lowest BCUT2D eigenvalue weighted by Gasteiger charge is -1.87. The zero-order valence-electron chi connectivity index (χ0n) is 4.84. The number of halogens is 1. The minimum Gasteiger partial charge on any atom is -0.508 e. The summed E-state index contributed by atoms with van der Waals surface area (Å²) in [7, 11) is 0. The Morgan fingerprint density at radius 1 is 1.11 bits per heavy atom. The molecule has 0 aliphatic carbocycles. The molecule has 1 aromatic carbocycles. The van der Waals surface area contributed by atoms with Gasteiger partial charge in [0.05, 0.1) is 0 Å². The van der Waals surface area contributed by atoms with Crippen LogP contribution in [0.15, 0.2) is 28.7 Å². The highest BCUT2D eigenvalue weighted by Gasteiger charge is 1.83. The van der Waals surface area contributed by atoms with E-state index < -0.39 is 0 Å². The van der Waals surface area contributed by atoms with E-state index in [1.807, 2.05) is 0 Å². The van der Waals surface area contributed by atoms with Gasteiger partial charge in [0.1, 0.15) is 5.75 Å². The minimum atomic E-state index is 0. The Balaban J connectivity index is 0.000000640. The van der Waals surface area contributed by atoms with Crippen molar-refractivity contribution in [1.82, 2.24) is 0 Å². The zero-order chi connectivity index (χ0) is 5.98. The second-order valence-corrected chi connectivity index (χ2v) is 2.39. The lowest BCUT2D eigenvalue weighted by molar-refractivity contribution is 0.475. The summed E-state index contributed by atoms with van der Waals surface area (Å²) in [6, 6.07) is 6.83. The molecular weight excluding hydrogens is 199 g/mol. The SMILES string of the molecule is Oc1ccc(Br)cc1.P. The van der Waals surface area contributed by atoms with Crippen molar-refractivity contribution in [3.05, 3.63) is 28.7 Å². The maximum atomic E-state index is 8.74. The molecule has 0 fully saturated rings. The third-order valence-corrected chi connectivity index (χ3v) is 1.36. The lowest BCUT2D eigenvalue weighted by atomic mass is 10.3. The Kier molecular flexibility index (Phi) is 3.83. The van der Waals surface area contributed by atoms with Crippen molar-refractivity contribution in [2.24, 2.45) is 0 Å². The van der Waals surface area contributed by atoms with Crippen molar-refractivity contribution in [1.29, 1.82) is 0 Å². The average Bonchev–Trinajstić information content (AvgIpc) is 1.77. The lowest BCUT2D eigenvalue weighted by Crippen LogP contribution is -1.61. The topological polar surface area (TPSA) is 20.2 Å². The molecule has 0 radical (unpaired) electrons. The normalized spacial score (nSPS) is 8.11. The number of hydrogen-bond donors (Lipinski definition) is 1. The first-order valence-corrected chi connectivity index (χ1v) is 3.03. The maximum absolute atomic E-state index is 8.74. The van der Waals surface area contributed by atoms with Crippen LogP contribution in [-0.4, -0.2) is 5.11 Å². The van der Waals surface area contributed by atoms with Crippen molar-refractivity contribution in [2.75, 3.05) is 0 Å². The molecule has 0 spiro atoms. The molecule has 1 atom stereocenters. The van der Waals surface area contributed by atoms with Gasteiger partial charge < -0.3 is 5.11 Å². The molecule has 1 unspecified atom stereocenters. The number of rotatable bonds is 0. The first kappa shape index (κ1) is 8.93. The fourth-order valence-corrected chi connectivity index (χ4v) is 0.705. The van der Waals surface area contributed by atoms with Gasteiger partial charge in [-0.15, -0.1) is 0 Å². The molecule has 0 aromatic heterocycles. The summed E-state index contributed by atoms with van der Waals surface area (Å²) in [6.45, 7) is 0.